The summed E-state index contributed by atoms with van der Waals surface area (Å²) in [6.45, 7) is 2.88. The average molecular weight is 430 g/mol. The molecule has 1 saturated heterocycles. The number of hydrogen-bond acceptors (Lipinski definition) is 5. The van der Waals surface area contributed by atoms with Gasteiger partial charge in [0.1, 0.15) is 5.82 Å². The van der Waals surface area contributed by atoms with Crippen LogP contribution in [0.15, 0.2) is 42.7 Å². The number of aryl methyl sites for hydroxylation is 1. The van der Waals surface area contributed by atoms with E-state index in [4.69, 9.17) is 0 Å². The van der Waals surface area contributed by atoms with Gasteiger partial charge < -0.3 is 15.5 Å². The summed E-state index contributed by atoms with van der Waals surface area (Å²) in [5.74, 6) is -0.907. The Balaban J connectivity index is 1.36. The van der Waals surface area contributed by atoms with Gasteiger partial charge in [-0.25, -0.2) is 14.8 Å². The fourth-order valence-electron chi connectivity index (χ4n) is 3.72. The number of nitrogens with zero attached hydrogens (tertiary/aromatic N) is 4. The Morgan fingerprint density at radius 2 is 1.81 bits per heavy atom. The molecule has 0 unspecified atom stereocenters. The molecule has 0 spiro atoms. The first-order chi connectivity index (χ1) is 14.8. The predicted octanol–water partition coefficient (Wildman–Crippen LogP) is 4.14. The molecule has 10 heteroatoms. The molecule has 3 aromatic rings. The van der Waals surface area contributed by atoms with Gasteiger partial charge in [-0.3, -0.25) is 4.98 Å². The number of rotatable bonds is 3. The molecule has 2 aromatic heterocycles. The van der Waals surface area contributed by atoms with Crippen molar-refractivity contribution >= 4 is 28.3 Å². The van der Waals surface area contributed by atoms with E-state index in [2.05, 4.69) is 25.6 Å². The van der Waals surface area contributed by atoms with Gasteiger partial charge in [-0.2, -0.15) is 13.2 Å². The zero-order valence-corrected chi connectivity index (χ0v) is 16.8. The molecule has 0 radical (unpaired) electrons. The molecule has 4 rings (SSSR count). The highest BCUT2D eigenvalue weighted by atomic mass is 19.4. The maximum atomic E-state index is 12.8. The molecule has 1 aromatic carbocycles. The van der Waals surface area contributed by atoms with Crippen LogP contribution in [-0.2, 0) is 6.18 Å². The lowest BCUT2D eigenvalue weighted by Gasteiger charge is -2.33. The molecule has 1 aliphatic heterocycles. The Kier molecular flexibility index (Phi) is 5.62. The minimum Gasteiger partial charge on any atom is -0.356 e. The number of aromatic nitrogens is 3. The maximum Gasteiger partial charge on any atom is 0.451 e. The second-order valence-corrected chi connectivity index (χ2v) is 7.39. The van der Waals surface area contributed by atoms with E-state index in [1.165, 1.54) is 6.07 Å². The van der Waals surface area contributed by atoms with Crippen molar-refractivity contribution in [2.45, 2.75) is 32.0 Å². The van der Waals surface area contributed by atoms with Crippen LogP contribution in [0, 0.1) is 6.92 Å². The van der Waals surface area contributed by atoms with Crippen molar-refractivity contribution in [1.29, 1.82) is 0 Å². The molecule has 2 amide bonds. The highest BCUT2D eigenvalue weighted by Gasteiger charge is 2.35. The molecule has 0 saturated carbocycles. The third-order valence-corrected chi connectivity index (χ3v) is 5.30. The van der Waals surface area contributed by atoms with Crippen molar-refractivity contribution in [1.82, 2.24) is 20.3 Å². The van der Waals surface area contributed by atoms with Gasteiger partial charge in [0.05, 0.1) is 5.69 Å². The van der Waals surface area contributed by atoms with Crippen LogP contribution in [0.4, 0.5) is 29.5 Å². The lowest BCUT2D eigenvalue weighted by Crippen LogP contribution is -2.46. The SMILES string of the molecule is Cc1nccc2c(NC(=O)NC3CCN(c4ccnc(C(F)(F)F)n4)CC3)cccc12. The number of piperidine rings is 1. The van der Waals surface area contributed by atoms with Crippen molar-refractivity contribution in [3.8, 4) is 0 Å². The summed E-state index contributed by atoms with van der Waals surface area (Å²) in [4.78, 5) is 25.5. The summed E-state index contributed by atoms with van der Waals surface area (Å²) < 4.78 is 38.5. The Hall–Kier alpha value is -3.43. The predicted molar refractivity (Wildman–Crippen MR) is 111 cm³/mol. The van der Waals surface area contributed by atoms with E-state index in [9.17, 15) is 18.0 Å². The second-order valence-electron chi connectivity index (χ2n) is 7.39. The standard InChI is InChI=1S/C21H21F3N6O/c1-13-15-3-2-4-17(16(15)5-9-25-13)28-20(31)27-14-7-11-30(12-8-14)18-6-10-26-19(29-18)21(22,23)24/h2-6,9-10,14H,7-8,11-12H2,1H3,(H2,27,28,31). The minimum absolute atomic E-state index is 0.0847. The molecule has 1 fully saturated rings. The van der Waals surface area contributed by atoms with Crippen LogP contribution in [-0.4, -0.2) is 40.1 Å². The zero-order chi connectivity index (χ0) is 22.0. The molecule has 162 valence electrons. The normalized spacial score (nSPS) is 15.2. The van der Waals surface area contributed by atoms with Gasteiger partial charge in [0.15, 0.2) is 0 Å². The first-order valence-electron chi connectivity index (χ1n) is 9.88. The minimum atomic E-state index is -4.58. The molecule has 31 heavy (non-hydrogen) atoms. The van der Waals surface area contributed by atoms with E-state index in [0.29, 0.717) is 31.6 Å². The molecule has 0 bridgehead atoms. The molecule has 2 N–H and O–H groups in total. The van der Waals surface area contributed by atoms with Crippen LogP contribution in [0.5, 0.6) is 0 Å². The van der Waals surface area contributed by atoms with Gasteiger partial charge in [0, 0.05) is 48.0 Å². The average Bonchev–Trinajstić information content (AvgIpc) is 2.74. The Labute approximate surface area is 176 Å². The molecular formula is C21H21F3N6O. The van der Waals surface area contributed by atoms with Crippen molar-refractivity contribution in [3.63, 3.8) is 0 Å². The number of halogens is 3. The van der Waals surface area contributed by atoms with Crippen molar-refractivity contribution in [2.75, 3.05) is 23.3 Å². The van der Waals surface area contributed by atoms with Crippen LogP contribution in [0.1, 0.15) is 24.4 Å². The maximum absolute atomic E-state index is 12.8. The number of pyridine rings is 1. The number of amides is 2. The molecular weight excluding hydrogens is 409 g/mol. The summed E-state index contributed by atoms with van der Waals surface area (Å²) in [7, 11) is 0. The Morgan fingerprint density at radius 1 is 1.06 bits per heavy atom. The number of hydrogen-bond donors (Lipinski definition) is 2. The van der Waals surface area contributed by atoms with Crippen LogP contribution in [0.2, 0.25) is 0 Å². The number of carbonyl (C=O) groups excluding carboxylic acids is 1. The summed E-state index contributed by atoms with van der Waals surface area (Å²) in [5, 5.41) is 7.71. The fourth-order valence-corrected chi connectivity index (χ4v) is 3.72. The number of urea groups is 1. The van der Waals surface area contributed by atoms with Gasteiger partial charge in [-0.1, -0.05) is 12.1 Å². The van der Waals surface area contributed by atoms with Gasteiger partial charge in [-0.05, 0) is 38.0 Å². The third-order valence-electron chi connectivity index (χ3n) is 5.30. The van der Waals surface area contributed by atoms with Crippen molar-refractivity contribution in [3.05, 3.63) is 54.2 Å². The number of alkyl halides is 3. The van der Waals surface area contributed by atoms with E-state index >= 15 is 0 Å². The highest BCUT2D eigenvalue weighted by Crippen LogP contribution is 2.28. The van der Waals surface area contributed by atoms with Gasteiger partial charge in [0.2, 0.25) is 5.82 Å². The number of fused-ring (bicyclic) bond motifs is 1. The highest BCUT2D eigenvalue weighted by molar-refractivity contribution is 6.02. The number of benzene rings is 1. The zero-order valence-electron chi connectivity index (χ0n) is 16.8. The number of anilines is 2. The Bertz CT molecular complexity index is 1100. The molecule has 0 aliphatic carbocycles. The van der Waals surface area contributed by atoms with Crippen LogP contribution < -0.4 is 15.5 Å². The topological polar surface area (TPSA) is 83.0 Å². The smallest absolute Gasteiger partial charge is 0.356 e. The summed E-state index contributed by atoms with van der Waals surface area (Å²) in [6, 6.07) is 8.56. The Morgan fingerprint density at radius 3 is 2.55 bits per heavy atom. The fraction of sp³-hybridized carbons (Fsp3) is 0.333. The number of carbonyl (C=O) groups is 1. The molecule has 3 heterocycles. The van der Waals surface area contributed by atoms with E-state index in [0.717, 1.165) is 22.7 Å². The van der Waals surface area contributed by atoms with Gasteiger partial charge in [-0.15, -0.1) is 0 Å². The largest absolute Gasteiger partial charge is 0.451 e. The number of nitrogens with one attached hydrogen (secondary N) is 2. The third kappa shape index (κ3) is 4.68. The summed E-state index contributed by atoms with van der Waals surface area (Å²) in [6.07, 6.45) is -0.572. The monoisotopic (exact) mass is 430 g/mol. The quantitative estimate of drug-likeness (QED) is 0.653. The van der Waals surface area contributed by atoms with E-state index in [1.807, 2.05) is 31.2 Å². The van der Waals surface area contributed by atoms with Gasteiger partial charge in [0.25, 0.3) is 0 Å². The molecule has 7 nitrogen and oxygen atoms in total. The summed E-state index contributed by atoms with van der Waals surface area (Å²) in [5.41, 5.74) is 1.57. The van der Waals surface area contributed by atoms with E-state index in [1.54, 1.807) is 11.1 Å². The molecule has 1 aliphatic rings. The van der Waals surface area contributed by atoms with Gasteiger partial charge >= 0.3 is 12.2 Å². The van der Waals surface area contributed by atoms with E-state index in [-0.39, 0.29) is 17.9 Å². The van der Waals surface area contributed by atoms with Crippen LogP contribution >= 0.6 is 0 Å². The van der Waals surface area contributed by atoms with Crippen molar-refractivity contribution in [2.24, 2.45) is 0 Å². The first-order valence-corrected chi connectivity index (χ1v) is 9.88. The van der Waals surface area contributed by atoms with E-state index < -0.39 is 12.0 Å². The van der Waals surface area contributed by atoms with Crippen LogP contribution in [0.25, 0.3) is 10.8 Å². The second kappa shape index (κ2) is 8.37. The first kappa shape index (κ1) is 20.8. The lowest BCUT2D eigenvalue weighted by molar-refractivity contribution is -0.144. The summed E-state index contributed by atoms with van der Waals surface area (Å²) >= 11 is 0. The van der Waals surface area contributed by atoms with Crippen molar-refractivity contribution < 1.29 is 18.0 Å². The van der Waals surface area contributed by atoms with Crippen LogP contribution in [0.3, 0.4) is 0 Å². The lowest BCUT2D eigenvalue weighted by atomic mass is 10.1. The molecule has 0 atom stereocenters.